The topological polar surface area (TPSA) is 174 Å². The first-order valence-corrected chi connectivity index (χ1v) is 23.3. The molecule has 7 rings (SSSR count). The standard InChI is InChI=1S/C50H69N7O8/c1-9-56-44-13-12-34-25-38(44)40(46(56)39-26-36(28-52-45(39)32(4)62-8)55-17-15-54(7)16-18-55)27-50(5,6)30-65-49(61)43-11-10-14-57(53-43)47(58)42(51)23-33-21-35(34)24-37(22-33)64-20-19-63-29-41(31(2)3)48(59)60/h12-13,21-22,24-26,28,31-32,41-43,53H,9-11,14-20,23,27,29-30,51H2,1-8H3,(H,59,60)/t32-,41-,42-,43-/m0/s1. The lowest BCUT2D eigenvalue weighted by atomic mass is 9.84. The van der Waals surface area contributed by atoms with Gasteiger partial charge < -0.3 is 44.2 Å². The van der Waals surface area contributed by atoms with Crippen LogP contribution in [0.4, 0.5) is 5.69 Å². The van der Waals surface area contributed by atoms with E-state index in [0.717, 1.165) is 82.0 Å². The van der Waals surface area contributed by atoms with Gasteiger partial charge in [-0.3, -0.25) is 24.4 Å². The van der Waals surface area contributed by atoms with E-state index in [2.05, 4.69) is 77.9 Å². The fraction of sp³-hybridized carbons (Fsp3) is 0.560. The Morgan fingerprint density at radius 3 is 2.51 bits per heavy atom. The number of carboxylic acid groups (broad SMARTS) is 1. The number of nitrogens with one attached hydrogen (secondary N) is 1. The molecule has 2 saturated heterocycles. The van der Waals surface area contributed by atoms with Crippen LogP contribution in [0.15, 0.2) is 48.7 Å². The zero-order chi connectivity index (χ0) is 46.6. The number of nitrogens with two attached hydrogens (primary N) is 1. The summed E-state index contributed by atoms with van der Waals surface area (Å²) < 4.78 is 26.6. The van der Waals surface area contributed by atoms with Crippen molar-refractivity contribution < 1.29 is 38.4 Å². The second-order valence-corrected chi connectivity index (χ2v) is 19.1. The molecule has 2 aromatic carbocycles. The Balaban J connectivity index is 1.37. The normalized spacial score (nSPS) is 20.7. The molecule has 0 aliphatic carbocycles. The number of cyclic esters (lactones) is 1. The molecular weight excluding hydrogens is 827 g/mol. The maximum Gasteiger partial charge on any atom is 0.324 e. The monoisotopic (exact) mass is 896 g/mol. The van der Waals surface area contributed by atoms with Crippen LogP contribution in [-0.2, 0) is 48.0 Å². The van der Waals surface area contributed by atoms with Crippen LogP contribution in [-0.4, -0.2) is 128 Å². The van der Waals surface area contributed by atoms with Crippen LogP contribution < -0.4 is 20.8 Å². The minimum absolute atomic E-state index is 0.0728. The number of methoxy groups -OCH3 is 1. The number of aromatic nitrogens is 2. The summed E-state index contributed by atoms with van der Waals surface area (Å²) in [5, 5.41) is 12.2. The maximum absolute atomic E-state index is 13.8. The summed E-state index contributed by atoms with van der Waals surface area (Å²) in [6, 6.07) is 13.2. The van der Waals surface area contributed by atoms with E-state index in [1.54, 1.807) is 7.11 Å². The smallest absolute Gasteiger partial charge is 0.324 e. The van der Waals surface area contributed by atoms with Crippen LogP contribution in [0, 0.1) is 17.3 Å². The summed E-state index contributed by atoms with van der Waals surface area (Å²) in [6.07, 6.45) is 3.65. The summed E-state index contributed by atoms with van der Waals surface area (Å²) in [5.41, 5.74) is 18.1. The Kier molecular flexibility index (Phi) is 15.2. The molecule has 0 spiro atoms. The van der Waals surface area contributed by atoms with Crippen LogP contribution in [0.25, 0.3) is 33.3 Å². The molecule has 3 aliphatic rings. The Labute approximate surface area is 383 Å². The van der Waals surface area contributed by atoms with Crippen molar-refractivity contribution in [2.24, 2.45) is 23.0 Å². The second kappa shape index (κ2) is 20.6. The van der Waals surface area contributed by atoms with Gasteiger partial charge in [-0.15, -0.1) is 0 Å². The third-order valence-corrected chi connectivity index (χ3v) is 13.2. The van der Waals surface area contributed by atoms with Gasteiger partial charge in [0.1, 0.15) is 18.4 Å². The van der Waals surface area contributed by atoms with Crippen molar-refractivity contribution in [3.63, 3.8) is 0 Å². The van der Waals surface area contributed by atoms with Crippen LogP contribution in [0.1, 0.15) is 77.3 Å². The maximum atomic E-state index is 13.8. The molecule has 0 radical (unpaired) electrons. The molecule has 65 heavy (non-hydrogen) atoms. The van der Waals surface area contributed by atoms with Crippen molar-refractivity contribution >= 4 is 34.4 Å². The second-order valence-electron chi connectivity index (χ2n) is 19.1. The van der Waals surface area contributed by atoms with E-state index in [0.29, 0.717) is 38.1 Å². The van der Waals surface area contributed by atoms with E-state index in [1.165, 1.54) is 5.01 Å². The molecular formula is C50H69N7O8. The number of rotatable bonds is 13. The van der Waals surface area contributed by atoms with Gasteiger partial charge in [-0.25, -0.2) is 5.43 Å². The number of anilines is 1. The molecule has 0 unspecified atom stereocenters. The van der Waals surface area contributed by atoms with Gasteiger partial charge in [-0.1, -0.05) is 39.8 Å². The summed E-state index contributed by atoms with van der Waals surface area (Å²) >= 11 is 0. The molecule has 3 aliphatic heterocycles. The van der Waals surface area contributed by atoms with Gasteiger partial charge >= 0.3 is 11.9 Å². The molecule has 4 atom stereocenters. The molecule has 4 N–H and O–H groups in total. The van der Waals surface area contributed by atoms with Crippen LogP contribution in [0.5, 0.6) is 5.75 Å². The molecule has 15 nitrogen and oxygen atoms in total. The highest BCUT2D eigenvalue weighted by atomic mass is 16.5. The number of carbonyl (C=O) groups is 3. The highest BCUT2D eigenvalue weighted by Gasteiger charge is 2.35. The lowest BCUT2D eigenvalue weighted by molar-refractivity contribution is -0.155. The Morgan fingerprint density at radius 2 is 1.80 bits per heavy atom. The minimum atomic E-state index is -0.903. The number of hydrazine groups is 1. The third-order valence-electron chi connectivity index (χ3n) is 13.2. The van der Waals surface area contributed by atoms with Gasteiger partial charge in [0.15, 0.2) is 0 Å². The van der Waals surface area contributed by atoms with Crippen LogP contribution in [0.3, 0.4) is 0 Å². The highest BCUT2D eigenvalue weighted by molar-refractivity contribution is 5.96. The first-order chi connectivity index (χ1) is 31.1. The van der Waals surface area contributed by atoms with E-state index in [-0.39, 0.29) is 50.8 Å². The number of ether oxygens (including phenoxy) is 4. The SMILES string of the molecule is CCn1c(-c2cc(N3CCN(C)CC3)cnc2[C@H](C)OC)c2c3cc(ccc31)-c1cc(cc(OCCOC[C@H](C(=O)O)C(C)C)c1)C[C@H](N)C(=O)N1CCC[C@H](N1)C(=O)OCC(C)(C)C2. The largest absolute Gasteiger partial charge is 0.491 e. The number of carbonyl (C=O) groups excluding carboxylic acids is 2. The Bertz CT molecular complexity index is 2340. The van der Waals surface area contributed by atoms with Gasteiger partial charge in [0.25, 0.3) is 5.91 Å². The fourth-order valence-electron chi connectivity index (χ4n) is 9.31. The van der Waals surface area contributed by atoms with Crippen molar-refractivity contribution in [2.45, 2.75) is 92.0 Å². The molecule has 15 heteroatoms. The third kappa shape index (κ3) is 11.0. The van der Waals surface area contributed by atoms with E-state index in [9.17, 15) is 19.5 Å². The first-order valence-electron chi connectivity index (χ1n) is 23.3. The lowest BCUT2D eigenvalue weighted by Crippen LogP contribution is -2.59. The number of likely N-dealkylation sites (N-methyl/N-ethyl adjacent to an activating group) is 1. The number of esters is 1. The van der Waals surface area contributed by atoms with Gasteiger partial charge in [0.2, 0.25) is 0 Å². The number of fused-ring (bicyclic) bond motifs is 6. The van der Waals surface area contributed by atoms with Crippen LogP contribution >= 0.6 is 0 Å². The van der Waals surface area contributed by atoms with Crippen molar-refractivity contribution in [3.05, 3.63) is 65.5 Å². The number of carboxylic acids is 1. The predicted molar refractivity (Wildman–Crippen MR) is 252 cm³/mol. The molecule has 5 heterocycles. The van der Waals surface area contributed by atoms with E-state index >= 15 is 0 Å². The summed E-state index contributed by atoms with van der Waals surface area (Å²) in [6.45, 7) is 17.7. The van der Waals surface area contributed by atoms with Crippen molar-refractivity contribution in [3.8, 4) is 28.1 Å². The average Bonchev–Trinajstić information content (AvgIpc) is 3.59. The molecule has 352 valence electrons. The highest BCUT2D eigenvalue weighted by Crippen LogP contribution is 2.43. The molecule has 2 aromatic heterocycles. The number of hydrogen-bond donors (Lipinski definition) is 3. The molecule has 1 amide bonds. The summed E-state index contributed by atoms with van der Waals surface area (Å²) in [5.74, 6) is -1.71. The van der Waals surface area contributed by atoms with Gasteiger partial charge in [-0.05, 0) is 105 Å². The molecule has 4 aromatic rings. The number of hydrogen-bond acceptors (Lipinski definition) is 12. The number of piperazine rings is 1. The average molecular weight is 896 g/mol. The fourth-order valence-corrected chi connectivity index (χ4v) is 9.31. The zero-order valence-corrected chi connectivity index (χ0v) is 39.5. The predicted octanol–water partition coefficient (Wildman–Crippen LogP) is 6.09. The van der Waals surface area contributed by atoms with Crippen molar-refractivity contribution in [1.29, 1.82) is 0 Å². The van der Waals surface area contributed by atoms with Gasteiger partial charge in [-0.2, -0.15) is 0 Å². The zero-order valence-electron chi connectivity index (χ0n) is 39.5. The number of nitrogens with zero attached hydrogens (tertiary/aromatic N) is 5. The number of aliphatic carboxylic acids is 1. The number of amides is 1. The van der Waals surface area contributed by atoms with E-state index < -0.39 is 35.4 Å². The number of benzene rings is 2. The van der Waals surface area contributed by atoms with Gasteiger partial charge in [0, 0.05) is 68.3 Å². The molecule has 6 bridgehead atoms. The number of aryl methyl sites for hydroxylation is 1. The Morgan fingerprint density at radius 1 is 1.03 bits per heavy atom. The Hall–Kier alpha value is -5.06. The van der Waals surface area contributed by atoms with Crippen LogP contribution in [0.2, 0.25) is 0 Å². The van der Waals surface area contributed by atoms with E-state index in [1.807, 2.05) is 39.1 Å². The van der Waals surface area contributed by atoms with E-state index in [4.69, 9.17) is 29.7 Å². The lowest BCUT2D eigenvalue weighted by Gasteiger charge is -2.35. The summed E-state index contributed by atoms with van der Waals surface area (Å²) in [7, 11) is 3.87. The minimum Gasteiger partial charge on any atom is -0.491 e. The van der Waals surface area contributed by atoms with Gasteiger partial charge in [0.05, 0.1) is 61.2 Å². The van der Waals surface area contributed by atoms with Crippen molar-refractivity contribution in [1.82, 2.24) is 24.9 Å². The quantitative estimate of drug-likeness (QED) is 0.104. The van der Waals surface area contributed by atoms with Crippen molar-refractivity contribution in [2.75, 3.05) is 78.2 Å². The number of pyridine rings is 1. The first kappa shape index (κ1) is 47.9. The summed E-state index contributed by atoms with van der Waals surface area (Å²) in [4.78, 5) is 49.2. The molecule has 0 saturated carbocycles. The molecule has 2 fully saturated rings.